The normalized spacial score (nSPS) is 10.1. The van der Waals surface area contributed by atoms with E-state index < -0.39 is 5.97 Å². The highest BCUT2D eigenvalue weighted by Crippen LogP contribution is 2.17. The zero-order valence-corrected chi connectivity index (χ0v) is 11.5. The van der Waals surface area contributed by atoms with Gasteiger partial charge >= 0.3 is 12.0 Å². The monoisotopic (exact) mass is 280 g/mol. The van der Waals surface area contributed by atoms with Gasteiger partial charge in [-0.3, -0.25) is 4.79 Å². The van der Waals surface area contributed by atoms with Crippen LogP contribution in [-0.4, -0.2) is 46.8 Å². The minimum atomic E-state index is -0.874. The number of carbonyl (C=O) groups excluding carboxylic acids is 1. The molecule has 20 heavy (non-hydrogen) atoms. The number of anilines is 1. The third kappa shape index (κ3) is 4.89. The number of benzene rings is 1. The average Bonchev–Trinajstić information content (AvgIpc) is 2.43. The number of hydrogen-bond donors (Lipinski definition) is 3. The first-order chi connectivity index (χ1) is 9.58. The molecule has 2 amide bonds. The summed E-state index contributed by atoms with van der Waals surface area (Å²) in [6, 6.07) is 6.81. The predicted octanol–water partition coefficient (Wildman–Crippen LogP) is 1.55. The van der Waals surface area contributed by atoms with E-state index >= 15 is 0 Å². The molecule has 0 aliphatic heterocycles. The molecule has 0 unspecified atom stereocenters. The highest BCUT2D eigenvalue weighted by Gasteiger charge is 2.13. The van der Waals surface area contributed by atoms with Crippen LogP contribution in [0.15, 0.2) is 24.3 Å². The summed E-state index contributed by atoms with van der Waals surface area (Å²) in [5.41, 5.74) is 1.39. The van der Waals surface area contributed by atoms with E-state index in [1.165, 1.54) is 4.90 Å². The molecular weight excluding hydrogens is 260 g/mol. The number of carboxylic acids is 1. The fraction of sp³-hybridized carbons (Fsp3) is 0.429. The van der Waals surface area contributed by atoms with Crippen molar-refractivity contribution in [2.24, 2.45) is 0 Å². The number of carbonyl (C=O) groups is 2. The van der Waals surface area contributed by atoms with Crippen LogP contribution in [0.2, 0.25) is 0 Å². The second-order valence-corrected chi connectivity index (χ2v) is 4.28. The number of urea groups is 1. The van der Waals surface area contributed by atoms with Gasteiger partial charge in [0, 0.05) is 25.2 Å². The summed E-state index contributed by atoms with van der Waals surface area (Å²) in [6.07, 6.45) is 0.374. The summed E-state index contributed by atoms with van der Waals surface area (Å²) in [5.74, 6) is -0.874. The number of nitrogens with zero attached hydrogens (tertiary/aromatic N) is 1. The first kappa shape index (κ1) is 16.0. The van der Waals surface area contributed by atoms with Crippen LogP contribution in [0.4, 0.5) is 10.5 Å². The molecule has 110 valence electrons. The molecule has 1 aromatic rings. The van der Waals surface area contributed by atoms with Crippen LogP contribution in [0.25, 0.3) is 0 Å². The van der Waals surface area contributed by atoms with Crippen molar-refractivity contribution in [1.82, 2.24) is 4.90 Å². The molecule has 6 heteroatoms. The molecule has 0 aliphatic carbocycles. The quantitative estimate of drug-likeness (QED) is 0.707. The highest BCUT2D eigenvalue weighted by molar-refractivity contribution is 5.90. The first-order valence-electron chi connectivity index (χ1n) is 6.55. The van der Waals surface area contributed by atoms with Gasteiger partial charge in [-0.1, -0.05) is 18.2 Å². The Morgan fingerprint density at radius 1 is 1.30 bits per heavy atom. The number of nitrogens with one attached hydrogen (secondary N) is 1. The van der Waals surface area contributed by atoms with Crippen molar-refractivity contribution >= 4 is 17.7 Å². The van der Waals surface area contributed by atoms with E-state index in [2.05, 4.69) is 5.32 Å². The number of aliphatic hydroxyl groups excluding tert-OH is 1. The number of rotatable bonds is 7. The van der Waals surface area contributed by atoms with Gasteiger partial charge < -0.3 is 20.4 Å². The van der Waals surface area contributed by atoms with Gasteiger partial charge in [-0.25, -0.2) is 4.79 Å². The van der Waals surface area contributed by atoms with Crippen molar-refractivity contribution in [2.75, 3.05) is 25.0 Å². The predicted molar refractivity (Wildman–Crippen MR) is 75.8 cm³/mol. The maximum absolute atomic E-state index is 12.0. The lowest BCUT2D eigenvalue weighted by Crippen LogP contribution is -2.37. The Morgan fingerprint density at radius 3 is 2.60 bits per heavy atom. The fourth-order valence-corrected chi connectivity index (χ4v) is 1.82. The van der Waals surface area contributed by atoms with E-state index in [-0.39, 0.29) is 25.6 Å². The molecule has 0 spiro atoms. The molecule has 0 radical (unpaired) electrons. The molecule has 0 bridgehead atoms. The number of aliphatic carboxylic acids is 1. The van der Waals surface area contributed by atoms with E-state index in [9.17, 15) is 9.59 Å². The van der Waals surface area contributed by atoms with Gasteiger partial charge in [0.15, 0.2) is 0 Å². The summed E-state index contributed by atoms with van der Waals surface area (Å²) in [5, 5.41) is 20.4. The third-order valence-corrected chi connectivity index (χ3v) is 2.91. The molecule has 1 aromatic carbocycles. The summed E-state index contributed by atoms with van der Waals surface area (Å²) in [6.45, 7) is 2.48. The highest BCUT2D eigenvalue weighted by atomic mass is 16.4. The number of hydrogen-bond acceptors (Lipinski definition) is 3. The largest absolute Gasteiger partial charge is 0.481 e. The van der Waals surface area contributed by atoms with E-state index in [0.29, 0.717) is 18.7 Å². The summed E-state index contributed by atoms with van der Waals surface area (Å²) >= 11 is 0. The average molecular weight is 280 g/mol. The molecule has 1 rings (SSSR count). The summed E-state index contributed by atoms with van der Waals surface area (Å²) in [7, 11) is 0. The van der Waals surface area contributed by atoms with E-state index in [4.69, 9.17) is 10.2 Å². The smallest absolute Gasteiger partial charge is 0.321 e. The molecule has 0 heterocycles. The van der Waals surface area contributed by atoms with Crippen LogP contribution < -0.4 is 5.32 Å². The topological polar surface area (TPSA) is 89.9 Å². The molecule has 0 aliphatic rings. The van der Waals surface area contributed by atoms with E-state index in [1.807, 2.05) is 6.92 Å². The van der Waals surface area contributed by atoms with Crippen molar-refractivity contribution < 1.29 is 19.8 Å². The van der Waals surface area contributed by atoms with Crippen LogP contribution in [-0.2, 0) is 11.2 Å². The van der Waals surface area contributed by atoms with Crippen molar-refractivity contribution in [1.29, 1.82) is 0 Å². The van der Waals surface area contributed by atoms with Gasteiger partial charge in [0.25, 0.3) is 0 Å². The first-order valence-corrected chi connectivity index (χ1v) is 6.55. The minimum Gasteiger partial charge on any atom is -0.481 e. The molecule has 0 fully saturated rings. The summed E-state index contributed by atoms with van der Waals surface area (Å²) < 4.78 is 0. The molecule has 0 aromatic heterocycles. The van der Waals surface area contributed by atoms with Gasteiger partial charge in [0.2, 0.25) is 0 Å². The second-order valence-electron chi connectivity index (χ2n) is 4.28. The molecule has 0 saturated heterocycles. The van der Waals surface area contributed by atoms with Crippen molar-refractivity contribution in [2.45, 2.75) is 19.8 Å². The Morgan fingerprint density at radius 2 is 2.00 bits per heavy atom. The molecule has 0 saturated carbocycles. The molecular formula is C14H20N2O4. The Kier molecular flexibility index (Phi) is 6.52. The fourth-order valence-electron chi connectivity index (χ4n) is 1.82. The van der Waals surface area contributed by atoms with Crippen LogP contribution in [0.1, 0.15) is 18.9 Å². The lowest BCUT2D eigenvalue weighted by molar-refractivity contribution is -0.136. The standard InChI is InChI=1S/C14H20N2O4/c1-2-16(9-10-17)14(20)15-12-6-4-3-5-11(12)7-8-13(18)19/h3-6,17H,2,7-10H2,1H3,(H,15,20)(H,18,19). The van der Waals surface area contributed by atoms with Gasteiger partial charge in [0.1, 0.15) is 0 Å². The van der Waals surface area contributed by atoms with Crippen LogP contribution in [0.5, 0.6) is 0 Å². The van der Waals surface area contributed by atoms with Crippen molar-refractivity contribution in [3.63, 3.8) is 0 Å². The zero-order chi connectivity index (χ0) is 15.0. The third-order valence-electron chi connectivity index (χ3n) is 2.91. The SMILES string of the molecule is CCN(CCO)C(=O)Nc1ccccc1CCC(=O)O. The van der Waals surface area contributed by atoms with E-state index in [1.54, 1.807) is 24.3 Å². The number of amides is 2. The van der Waals surface area contributed by atoms with Crippen LogP contribution in [0.3, 0.4) is 0 Å². The molecule has 3 N–H and O–H groups in total. The van der Waals surface area contributed by atoms with Crippen molar-refractivity contribution in [3.8, 4) is 0 Å². The lowest BCUT2D eigenvalue weighted by atomic mass is 10.1. The molecule has 6 nitrogen and oxygen atoms in total. The summed E-state index contributed by atoms with van der Waals surface area (Å²) in [4.78, 5) is 24.1. The number of para-hydroxylation sites is 1. The Hall–Kier alpha value is -2.08. The van der Waals surface area contributed by atoms with Crippen LogP contribution in [0, 0.1) is 0 Å². The lowest BCUT2D eigenvalue weighted by Gasteiger charge is -2.21. The van der Waals surface area contributed by atoms with Crippen molar-refractivity contribution in [3.05, 3.63) is 29.8 Å². The van der Waals surface area contributed by atoms with Gasteiger partial charge in [-0.15, -0.1) is 0 Å². The maximum Gasteiger partial charge on any atom is 0.321 e. The van der Waals surface area contributed by atoms with E-state index in [0.717, 1.165) is 5.56 Å². The van der Waals surface area contributed by atoms with Gasteiger partial charge in [-0.05, 0) is 25.0 Å². The minimum absolute atomic E-state index is 0.0149. The maximum atomic E-state index is 12.0. The van der Waals surface area contributed by atoms with Gasteiger partial charge in [-0.2, -0.15) is 0 Å². The van der Waals surface area contributed by atoms with Gasteiger partial charge in [0.05, 0.1) is 6.61 Å². The molecule has 0 atom stereocenters. The Labute approximate surface area is 118 Å². The number of aliphatic hydroxyl groups is 1. The zero-order valence-electron chi connectivity index (χ0n) is 11.5. The van der Waals surface area contributed by atoms with Crippen LogP contribution >= 0.6 is 0 Å². The number of likely N-dealkylation sites (N-methyl/N-ethyl adjacent to an activating group) is 1. The Balaban J connectivity index is 2.75. The second kappa shape index (κ2) is 8.16. The number of carboxylic acid groups (broad SMARTS) is 1. The number of aryl methyl sites for hydroxylation is 1. The Bertz CT molecular complexity index is 462.